The van der Waals surface area contributed by atoms with Crippen molar-refractivity contribution in [3.05, 3.63) is 48.8 Å². The van der Waals surface area contributed by atoms with E-state index in [2.05, 4.69) is 10.4 Å². The molecule has 0 unspecified atom stereocenters. The summed E-state index contributed by atoms with van der Waals surface area (Å²) in [5.74, 6) is 5.28. The van der Waals surface area contributed by atoms with E-state index in [1.54, 1.807) is 12.4 Å². The van der Waals surface area contributed by atoms with Gasteiger partial charge in [0.2, 0.25) is 0 Å². The predicted molar refractivity (Wildman–Crippen MR) is 57.5 cm³/mol. The molecule has 0 saturated heterocycles. The Balaban J connectivity index is 2.34. The predicted octanol–water partition coefficient (Wildman–Crippen LogP) is 2.03. The third-order valence-electron chi connectivity index (χ3n) is 2.07. The molecule has 2 aromatic rings. The number of hydrogen-bond donors (Lipinski definition) is 2. The number of aromatic nitrogens is 1. The molecule has 3 N–H and O–H groups in total. The maximum atomic E-state index is 5.28. The van der Waals surface area contributed by atoms with Crippen LogP contribution in [0.2, 0.25) is 0 Å². The first kappa shape index (κ1) is 8.72. The maximum absolute atomic E-state index is 5.28. The van der Waals surface area contributed by atoms with Crippen molar-refractivity contribution < 1.29 is 0 Å². The Morgan fingerprint density at radius 2 is 1.43 bits per heavy atom. The number of rotatable bonds is 2. The highest BCUT2D eigenvalue weighted by Gasteiger charge is 1.95. The fraction of sp³-hybridized carbons (Fsp3) is 0. The zero-order valence-corrected chi connectivity index (χ0v) is 7.64. The Morgan fingerprint density at radius 1 is 0.857 bits per heavy atom. The van der Waals surface area contributed by atoms with Crippen LogP contribution in [0.25, 0.3) is 11.1 Å². The number of nitrogens with zero attached hydrogens (tertiary/aromatic N) is 1. The van der Waals surface area contributed by atoms with Crippen molar-refractivity contribution in [2.45, 2.75) is 0 Å². The first-order chi connectivity index (χ1) is 6.90. The summed E-state index contributed by atoms with van der Waals surface area (Å²) in [4.78, 5) is 3.97. The van der Waals surface area contributed by atoms with Gasteiger partial charge >= 0.3 is 0 Å². The molecule has 0 fully saturated rings. The minimum atomic E-state index is 0.905. The highest BCUT2D eigenvalue weighted by atomic mass is 15.2. The molecule has 0 saturated carbocycles. The number of pyridine rings is 1. The summed E-state index contributed by atoms with van der Waals surface area (Å²) in [6.45, 7) is 0. The van der Waals surface area contributed by atoms with Crippen LogP contribution < -0.4 is 11.3 Å². The van der Waals surface area contributed by atoms with E-state index in [0.717, 1.165) is 16.8 Å². The minimum absolute atomic E-state index is 0.905. The molecule has 1 heterocycles. The molecular weight excluding hydrogens is 174 g/mol. The highest BCUT2D eigenvalue weighted by molar-refractivity contribution is 5.65. The fourth-order valence-electron chi connectivity index (χ4n) is 1.30. The van der Waals surface area contributed by atoms with Crippen LogP contribution in [-0.4, -0.2) is 4.98 Å². The molecule has 2 rings (SSSR count). The number of nitrogen functional groups attached to an aromatic ring is 1. The van der Waals surface area contributed by atoms with Crippen molar-refractivity contribution in [3.8, 4) is 11.1 Å². The number of benzene rings is 1. The molecule has 0 aliphatic carbocycles. The molecule has 3 nitrogen and oxygen atoms in total. The second kappa shape index (κ2) is 3.89. The summed E-state index contributed by atoms with van der Waals surface area (Å²) in [6.07, 6.45) is 3.56. The largest absolute Gasteiger partial charge is 0.324 e. The third-order valence-corrected chi connectivity index (χ3v) is 2.07. The number of nitrogens with two attached hydrogens (primary N) is 1. The van der Waals surface area contributed by atoms with Crippen molar-refractivity contribution >= 4 is 5.69 Å². The van der Waals surface area contributed by atoms with Gasteiger partial charge in [-0.1, -0.05) is 12.1 Å². The van der Waals surface area contributed by atoms with Crippen molar-refractivity contribution in [1.82, 2.24) is 4.98 Å². The van der Waals surface area contributed by atoms with E-state index in [9.17, 15) is 0 Å². The lowest BCUT2D eigenvalue weighted by molar-refractivity contribution is 1.33. The van der Waals surface area contributed by atoms with Crippen molar-refractivity contribution in [2.24, 2.45) is 5.84 Å². The molecule has 14 heavy (non-hydrogen) atoms. The molecule has 0 atom stereocenters. The zero-order valence-electron chi connectivity index (χ0n) is 7.64. The van der Waals surface area contributed by atoms with Gasteiger partial charge in [0.15, 0.2) is 0 Å². The smallest absolute Gasteiger partial charge is 0.0485 e. The second-order valence-corrected chi connectivity index (χ2v) is 2.96. The normalized spacial score (nSPS) is 9.79. The maximum Gasteiger partial charge on any atom is 0.0485 e. The van der Waals surface area contributed by atoms with Gasteiger partial charge in [0.25, 0.3) is 0 Å². The van der Waals surface area contributed by atoms with Crippen LogP contribution in [0.3, 0.4) is 0 Å². The molecule has 0 aliphatic rings. The minimum Gasteiger partial charge on any atom is -0.324 e. The monoisotopic (exact) mass is 185 g/mol. The first-order valence-electron chi connectivity index (χ1n) is 4.37. The number of hydrazine groups is 1. The van der Waals surface area contributed by atoms with Gasteiger partial charge in [-0.25, -0.2) is 0 Å². The van der Waals surface area contributed by atoms with E-state index < -0.39 is 0 Å². The molecule has 0 aliphatic heterocycles. The zero-order chi connectivity index (χ0) is 9.80. The van der Waals surface area contributed by atoms with E-state index in [1.807, 2.05) is 36.4 Å². The van der Waals surface area contributed by atoms with Gasteiger partial charge in [-0.3, -0.25) is 10.8 Å². The Hall–Kier alpha value is -1.87. The van der Waals surface area contributed by atoms with Crippen molar-refractivity contribution in [2.75, 3.05) is 5.43 Å². The average Bonchev–Trinajstić information content (AvgIpc) is 2.30. The van der Waals surface area contributed by atoms with Gasteiger partial charge in [0.1, 0.15) is 0 Å². The van der Waals surface area contributed by atoms with Crippen LogP contribution in [0.15, 0.2) is 48.8 Å². The van der Waals surface area contributed by atoms with Gasteiger partial charge in [-0.05, 0) is 35.4 Å². The van der Waals surface area contributed by atoms with Crippen LogP contribution in [0.4, 0.5) is 5.69 Å². The lowest BCUT2D eigenvalue weighted by atomic mass is 10.1. The number of nitrogens with one attached hydrogen (secondary N) is 1. The summed E-state index contributed by atoms with van der Waals surface area (Å²) in [7, 11) is 0. The van der Waals surface area contributed by atoms with E-state index in [-0.39, 0.29) is 0 Å². The Kier molecular flexibility index (Phi) is 2.42. The standard InChI is InChI=1S/C11H11N3/c12-14-11-3-1-9(2-4-11)10-5-7-13-8-6-10/h1-8,14H,12H2. The van der Waals surface area contributed by atoms with E-state index in [1.165, 1.54) is 0 Å². The molecule has 0 radical (unpaired) electrons. The molecule has 0 amide bonds. The van der Waals surface area contributed by atoms with Crippen molar-refractivity contribution in [1.29, 1.82) is 0 Å². The summed E-state index contributed by atoms with van der Waals surface area (Å²) >= 11 is 0. The number of hydrogen-bond acceptors (Lipinski definition) is 3. The van der Waals surface area contributed by atoms with Gasteiger partial charge in [-0.15, -0.1) is 0 Å². The Morgan fingerprint density at radius 3 is 2.00 bits per heavy atom. The molecule has 1 aromatic carbocycles. The Bertz CT molecular complexity index is 395. The Labute approximate surface area is 82.6 Å². The third kappa shape index (κ3) is 1.72. The molecular formula is C11H11N3. The van der Waals surface area contributed by atoms with E-state index >= 15 is 0 Å². The summed E-state index contributed by atoms with van der Waals surface area (Å²) in [5, 5.41) is 0. The lowest BCUT2D eigenvalue weighted by Gasteiger charge is -2.02. The van der Waals surface area contributed by atoms with Crippen LogP contribution in [0.1, 0.15) is 0 Å². The van der Waals surface area contributed by atoms with Gasteiger partial charge < -0.3 is 5.43 Å². The average molecular weight is 185 g/mol. The van der Waals surface area contributed by atoms with E-state index in [0.29, 0.717) is 0 Å². The molecule has 0 spiro atoms. The van der Waals surface area contributed by atoms with Crippen LogP contribution in [0, 0.1) is 0 Å². The van der Waals surface area contributed by atoms with Crippen LogP contribution in [0.5, 0.6) is 0 Å². The van der Waals surface area contributed by atoms with Gasteiger partial charge in [-0.2, -0.15) is 0 Å². The van der Waals surface area contributed by atoms with Crippen LogP contribution in [-0.2, 0) is 0 Å². The quantitative estimate of drug-likeness (QED) is 0.556. The lowest BCUT2D eigenvalue weighted by Crippen LogP contribution is -2.05. The molecule has 3 heteroatoms. The molecule has 70 valence electrons. The molecule has 0 bridgehead atoms. The van der Waals surface area contributed by atoms with E-state index in [4.69, 9.17) is 5.84 Å². The van der Waals surface area contributed by atoms with Gasteiger partial charge in [0, 0.05) is 18.1 Å². The van der Waals surface area contributed by atoms with Crippen molar-refractivity contribution in [3.63, 3.8) is 0 Å². The fourth-order valence-corrected chi connectivity index (χ4v) is 1.30. The van der Waals surface area contributed by atoms with Gasteiger partial charge in [0.05, 0.1) is 0 Å². The summed E-state index contributed by atoms with van der Waals surface area (Å²) < 4.78 is 0. The molecule has 1 aromatic heterocycles. The second-order valence-electron chi connectivity index (χ2n) is 2.96. The SMILES string of the molecule is NNc1ccc(-c2ccncc2)cc1. The summed E-state index contributed by atoms with van der Waals surface area (Å²) in [5.41, 5.74) is 5.81. The summed E-state index contributed by atoms with van der Waals surface area (Å²) in [6, 6.07) is 11.9. The topological polar surface area (TPSA) is 50.9 Å². The first-order valence-corrected chi connectivity index (χ1v) is 4.37. The van der Waals surface area contributed by atoms with Crippen LogP contribution >= 0.6 is 0 Å². The highest BCUT2D eigenvalue weighted by Crippen LogP contribution is 2.19. The number of anilines is 1.